The second-order valence-corrected chi connectivity index (χ2v) is 8.40. The highest BCUT2D eigenvalue weighted by Crippen LogP contribution is 2.22. The molecule has 0 unspecified atom stereocenters. The quantitative estimate of drug-likeness (QED) is 0.516. The van der Waals surface area contributed by atoms with E-state index in [0.29, 0.717) is 12.0 Å². The lowest BCUT2D eigenvalue weighted by Gasteiger charge is -2.42. The van der Waals surface area contributed by atoms with Crippen LogP contribution in [0.4, 0.5) is 11.6 Å². The van der Waals surface area contributed by atoms with E-state index in [-0.39, 0.29) is 0 Å². The van der Waals surface area contributed by atoms with Crippen LogP contribution in [0.2, 0.25) is 0 Å². The molecule has 4 aromatic rings. The van der Waals surface area contributed by atoms with E-state index in [1.165, 1.54) is 5.56 Å². The third-order valence-corrected chi connectivity index (χ3v) is 5.94. The van der Waals surface area contributed by atoms with Gasteiger partial charge in [-0.3, -0.25) is 9.58 Å². The lowest BCUT2D eigenvalue weighted by Crippen LogP contribution is -2.56. The van der Waals surface area contributed by atoms with Crippen LogP contribution in [0.15, 0.2) is 42.9 Å². The van der Waals surface area contributed by atoms with Crippen molar-refractivity contribution in [2.24, 2.45) is 7.05 Å². The highest BCUT2D eigenvalue weighted by molar-refractivity contribution is 5.83. The lowest BCUT2D eigenvalue weighted by atomic mass is 10.1. The SMILES string of the molecule is Cc1nn(-c2ccnc(Nc3ccc4c(cnn4C)c3)n2)cc1CN1CC(N(C)C)C1. The van der Waals surface area contributed by atoms with E-state index >= 15 is 0 Å². The topological polar surface area (TPSA) is 79.9 Å². The zero-order chi connectivity index (χ0) is 21.5. The maximum Gasteiger partial charge on any atom is 0.229 e. The van der Waals surface area contributed by atoms with Crippen molar-refractivity contribution in [1.82, 2.24) is 39.3 Å². The summed E-state index contributed by atoms with van der Waals surface area (Å²) < 4.78 is 3.69. The van der Waals surface area contributed by atoms with E-state index in [2.05, 4.69) is 62.5 Å². The fourth-order valence-electron chi connectivity index (χ4n) is 3.92. The van der Waals surface area contributed by atoms with Crippen LogP contribution >= 0.6 is 0 Å². The summed E-state index contributed by atoms with van der Waals surface area (Å²) in [6, 6.07) is 8.61. The average Bonchev–Trinajstić information content (AvgIpc) is 3.27. The zero-order valence-electron chi connectivity index (χ0n) is 18.3. The Kier molecular flexibility index (Phi) is 4.91. The van der Waals surface area contributed by atoms with Crippen molar-refractivity contribution in [3.8, 4) is 5.82 Å². The summed E-state index contributed by atoms with van der Waals surface area (Å²) in [6.07, 6.45) is 5.68. The fraction of sp³-hybridized carbons (Fsp3) is 0.364. The summed E-state index contributed by atoms with van der Waals surface area (Å²) in [5, 5.41) is 13.3. The predicted octanol–water partition coefficient (Wildman–Crippen LogP) is 2.35. The van der Waals surface area contributed by atoms with E-state index in [1.807, 2.05) is 46.9 Å². The molecular formula is C22H27N9. The van der Waals surface area contributed by atoms with E-state index in [1.54, 1.807) is 6.20 Å². The molecule has 5 rings (SSSR count). The third-order valence-electron chi connectivity index (χ3n) is 5.94. The number of hydrogen-bond acceptors (Lipinski definition) is 7. The Morgan fingerprint density at radius 2 is 2.03 bits per heavy atom. The summed E-state index contributed by atoms with van der Waals surface area (Å²) in [7, 11) is 6.21. The summed E-state index contributed by atoms with van der Waals surface area (Å²) in [4.78, 5) is 13.8. The molecule has 1 aliphatic heterocycles. The summed E-state index contributed by atoms with van der Waals surface area (Å²) in [5.74, 6) is 1.27. The Hall–Kier alpha value is -3.30. The molecule has 31 heavy (non-hydrogen) atoms. The molecule has 1 aliphatic rings. The van der Waals surface area contributed by atoms with Crippen LogP contribution in [-0.4, -0.2) is 72.6 Å². The number of fused-ring (bicyclic) bond motifs is 1. The fourth-order valence-corrected chi connectivity index (χ4v) is 3.92. The molecular weight excluding hydrogens is 390 g/mol. The number of likely N-dealkylation sites (N-methyl/N-ethyl adjacent to an activating group) is 1. The summed E-state index contributed by atoms with van der Waals surface area (Å²) in [6.45, 7) is 5.16. The number of likely N-dealkylation sites (tertiary alicyclic amines) is 1. The minimum absolute atomic E-state index is 0.534. The minimum Gasteiger partial charge on any atom is -0.324 e. The first-order chi connectivity index (χ1) is 15.0. The van der Waals surface area contributed by atoms with Gasteiger partial charge in [0, 0.05) is 67.8 Å². The highest BCUT2D eigenvalue weighted by Gasteiger charge is 2.28. The smallest absolute Gasteiger partial charge is 0.229 e. The van der Waals surface area contributed by atoms with Crippen molar-refractivity contribution in [3.05, 3.63) is 54.1 Å². The number of hydrogen-bond donors (Lipinski definition) is 1. The van der Waals surface area contributed by atoms with Gasteiger partial charge in [0.05, 0.1) is 17.4 Å². The Labute approximate surface area is 181 Å². The van der Waals surface area contributed by atoms with Gasteiger partial charge in [-0.25, -0.2) is 9.67 Å². The van der Waals surface area contributed by atoms with Crippen LogP contribution in [0.3, 0.4) is 0 Å². The van der Waals surface area contributed by atoms with Crippen LogP contribution in [0, 0.1) is 6.92 Å². The van der Waals surface area contributed by atoms with Gasteiger partial charge in [0.15, 0.2) is 5.82 Å². The van der Waals surface area contributed by atoms with Gasteiger partial charge < -0.3 is 10.2 Å². The molecule has 0 amide bonds. The number of rotatable bonds is 6. The van der Waals surface area contributed by atoms with E-state index < -0.39 is 0 Å². The molecule has 9 nitrogen and oxygen atoms in total. The van der Waals surface area contributed by atoms with Gasteiger partial charge in [0.2, 0.25) is 5.95 Å². The van der Waals surface area contributed by atoms with Gasteiger partial charge >= 0.3 is 0 Å². The van der Waals surface area contributed by atoms with Crippen molar-refractivity contribution in [1.29, 1.82) is 0 Å². The molecule has 0 aliphatic carbocycles. The maximum absolute atomic E-state index is 4.69. The zero-order valence-corrected chi connectivity index (χ0v) is 18.3. The van der Waals surface area contributed by atoms with Crippen LogP contribution in [-0.2, 0) is 13.6 Å². The normalized spacial score (nSPS) is 15.0. The number of nitrogens with one attached hydrogen (secondary N) is 1. The van der Waals surface area contributed by atoms with Gasteiger partial charge in [-0.05, 0) is 39.2 Å². The highest BCUT2D eigenvalue weighted by atomic mass is 15.3. The summed E-state index contributed by atoms with van der Waals surface area (Å²) >= 11 is 0. The van der Waals surface area contributed by atoms with Gasteiger partial charge in [-0.15, -0.1) is 0 Å². The molecule has 9 heteroatoms. The second kappa shape index (κ2) is 7.75. The molecule has 3 aromatic heterocycles. The molecule has 0 bridgehead atoms. The Bertz CT molecular complexity index is 1220. The van der Waals surface area contributed by atoms with Gasteiger partial charge in [0.1, 0.15) is 0 Å². The molecule has 160 valence electrons. The van der Waals surface area contributed by atoms with Crippen molar-refractivity contribution in [2.45, 2.75) is 19.5 Å². The number of aromatic nitrogens is 6. The van der Waals surface area contributed by atoms with Gasteiger partial charge in [0.25, 0.3) is 0 Å². The van der Waals surface area contributed by atoms with Crippen molar-refractivity contribution in [3.63, 3.8) is 0 Å². The Morgan fingerprint density at radius 3 is 2.84 bits per heavy atom. The Balaban J connectivity index is 1.31. The maximum atomic E-state index is 4.69. The molecule has 0 radical (unpaired) electrons. The first-order valence-corrected chi connectivity index (χ1v) is 10.4. The van der Waals surface area contributed by atoms with Gasteiger partial charge in [-0.2, -0.15) is 15.2 Å². The third kappa shape index (κ3) is 3.89. The van der Waals surface area contributed by atoms with Crippen molar-refractivity contribution in [2.75, 3.05) is 32.5 Å². The molecule has 1 fully saturated rings. The van der Waals surface area contributed by atoms with E-state index in [9.17, 15) is 0 Å². The van der Waals surface area contributed by atoms with Crippen LogP contribution in [0.25, 0.3) is 16.7 Å². The lowest BCUT2D eigenvalue weighted by molar-refractivity contribution is 0.0572. The monoisotopic (exact) mass is 417 g/mol. The summed E-state index contributed by atoms with van der Waals surface area (Å²) in [5.41, 5.74) is 4.26. The first-order valence-electron chi connectivity index (χ1n) is 10.4. The molecule has 4 heterocycles. The molecule has 0 spiro atoms. The Morgan fingerprint density at radius 1 is 1.19 bits per heavy atom. The van der Waals surface area contributed by atoms with E-state index in [4.69, 9.17) is 0 Å². The second-order valence-electron chi connectivity index (χ2n) is 8.40. The number of nitrogens with zero attached hydrogens (tertiary/aromatic N) is 8. The average molecular weight is 418 g/mol. The minimum atomic E-state index is 0.534. The number of anilines is 2. The first kappa shape index (κ1) is 19.7. The molecule has 1 N–H and O–H groups in total. The van der Waals surface area contributed by atoms with Gasteiger partial charge in [-0.1, -0.05) is 0 Å². The predicted molar refractivity (Wildman–Crippen MR) is 121 cm³/mol. The van der Waals surface area contributed by atoms with Crippen molar-refractivity contribution < 1.29 is 0 Å². The van der Waals surface area contributed by atoms with Crippen molar-refractivity contribution >= 4 is 22.5 Å². The molecule has 1 aromatic carbocycles. The van der Waals surface area contributed by atoms with Crippen LogP contribution < -0.4 is 5.32 Å². The standard InChI is InChI=1S/C22H27N9/c1-15-17(11-30-13-19(14-30)28(2)3)12-31(27-15)21-7-8-23-22(26-21)25-18-5-6-20-16(9-18)10-24-29(20)4/h5-10,12,19H,11,13-14H2,1-4H3,(H,23,25,26). The molecule has 0 saturated carbocycles. The largest absolute Gasteiger partial charge is 0.324 e. The number of benzene rings is 1. The van der Waals surface area contributed by atoms with E-state index in [0.717, 1.165) is 47.7 Å². The number of aryl methyl sites for hydroxylation is 2. The molecule has 0 atom stereocenters. The van der Waals surface area contributed by atoms with Crippen LogP contribution in [0.5, 0.6) is 0 Å². The molecule has 1 saturated heterocycles. The van der Waals surface area contributed by atoms with Crippen LogP contribution in [0.1, 0.15) is 11.3 Å².